The van der Waals surface area contributed by atoms with E-state index < -0.39 is 0 Å². The summed E-state index contributed by atoms with van der Waals surface area (Å²) in [4.78, 5) is 0. The second kappa shape index (κ2) is 11.6. The third-order valence-electron chi connectivity index (χ3n) is 2.56. The van der Waals surface area contributed by atoms with E-state index >= 15 is 0 Å². The van der Waals surface area contributed by atoms with Gasteiger partial charge in [0, 0.05) is 0 Å². The first-order valence-corrected chi connectivity index (χ1v) is 6.58. The Kier molecular flexibility index (Phi) is 13.0. The van der Waals surface area contributed by atoms with E-state index in [-0.39, 0.29) is 0 Å². The molecule has 0 saturated heterocycles. The van der Waals surface area contributed by atoms with Gasteiger partial charge in [-0.3, -0.25) is 0 Å². The summed E-state index contributed by atoms with van der Waals surface area (Å²) in [5.74, 6) is 0.792. The summed E-state index contributed by atoms with van der Waals surface area (Å²) < 4.78 is 0. The molecule has 90 valence electrons. The molecule has 0 amide bonds. The average molecular weight is 210 g/mol. The number of hydrogen-bond acceptors (Lipinski definition) is 0. The minimum absolute atomic E-state index is 0.792. The van der Waals surface area contributed by atoms with Crippen molar-refractivity contribution in [3.63, 3.8) is 0 Å². The molecule has 0 spiro atoms. The fourth-order valence-corrected chi connectivity index (χ4v) is 1.88. The summed E-state index contributed by atoms with van der Waals surface area (Å²) in [6, 6.07) is 0. The zero-order valence-electron chi connectivity index (χ0n) is 11.9. The lowest BCUT2D eigenvalue weighted by molar-refractivity contribution is 0.546. The summed E-state index contributed by atoms with van der Waals surface area (Å²) in [6.45, 7) is 14.7. The molecule has 15 heavy (non-hydrogen) atoms. The van der Waals surface area contributed by atoms with Crippen molar-refractivity contribution >= 4 is 0 Å². The van der Waals surface area contributed by atoms with Gasteiger partial charge in [0.05, 0.1) is 0 Å². The van der Waals surface area contributed by atoms with Crippen molar-refractivity contribution < 1.29 is 0 Å². The maximum atomic E-state index is 2.33. The van der Waals surface area contributed by atoms with E-state index in [1.54, 1.807) is 11.1 Å². The van der Waals surface area contributed by atoms with Gasteiger partial charge in [-0.25, -0.2) is 0 Å². The Hall–Kier alpha value is -0.520. The Bertz CT molecular complexity index is 184. The highest BCUT2D eigenvalue weighted by atomic mass is 14.2. The van der Waals surface area contributed by atoms with E-state index in [1.807, 2.05) is 27.7 Å². The molecule has 0 aliphatic heterocycles. The fourth-order valence-electron chi connectivity index (χ4n) is 1.88. The van der Waals surface area contributed by atoms with E-state index in [1.165, 1.54) is 19.3 Å². The largest absolute Gasteiger partial charge is 0.0874 e. The van der Waals surface area contributed by atoms with E-state index in [4.69, 9.17) is 0 Å². The Balaban J connectivity index is 0. The van der Waals surface area contributed by atoms with Crippen LogP contribution in [-0.4, -0.2) is 0 Å². The highest BCUT2D eigenvalue weighted by Gasteiger charge is 2.13. The molecule has 0 saturated carbocycles. The Morgan fingerprint density at radius 2 is 1.67 bits per heavy atom. The zero-order valence-corrected chi connectivity index (χ0v) is 11.9. The second-order valence-electron chi connectivity index (χ2n) is 3.53. The van der Waals surface area contributed by atoms with Crippen LogP contribution in [0.3, 0.4) is 0 Å². The molecule has 0 radical (unpaired) electrons. The third kappa shape index (κ3) is 6.54. The van der Waals surface area contributed by atoms with Gasteiger partial charge in [-0.15, -0.1) is 0 Å². The standard InChI is InChI=1S/C11H18.2C2H6/c1-4-6-11-9(2)7-5-8-10(11)3;2*1-2/h4,6,9H,5,7-8H2,1-3H3;2*1-2H3/b6-4+;;. The topological polar surface area (TPSA) is 0 Å². The lowest BCUT2D eigenvalue weighted by atomic mass is 9.84. The van der Waals surface area contributed by atoms with Gasteiger partial charge in [-0.1, -0.05) is 52.3 Å². The van der Waals surface area contributed by atoms with Crippen LogP contribution in [0.25, 0.3) is 0 Å². The maximum absolute atomic E-state index is 2.33. The number of rotatable bonds is 1. The van der Waals surface area contributed by atoms with Crippen molar-refractivity contribution in [3.05, 3.63) is 23.3 Å². The van der Waals surface area contributed by atoms with Gasteiger partial charge < -0.3 is 0 Å². The van der Waals surface area contributed by atoms with Gasteiger partial charge in [-0.05, 0) is 44.6 Å². The van der Waals surface area contributed by atoms with Crippen molar-refractivity contribution in [2.24, 2.45) is 5.92 Å². The first-order chi connectivity index (χ1) is 7.25. The summed E-state index contributed by atoms with van der Waals surface area (Å²) in [5, 5.41) is 0. The minimum Gasteiger partial charge on any atom is -0.0874 e. The van der Waals surface area contributed by atoms with Crippen LogP contribution < -0.4 is 0 Å². The molecular formula is C15H30. The molecule has 0 fully saturated rings. The molecule has 0 bridgehead atoms. The van der Waals surface area contributed by atoms with Crippen molar-refractivity contribution in [1.82, 2.24) is 0 Å². The summed E-state index contributed by atoms with van der Waals surface area (Å²) in [7, 11) is 0. The third-order valence-corrected chi connectivity index (χ3v) is 2.56. The molecule has 0 aromatic heterocycles. The van der Waals surface area contributed by atoms with Crippen LogP contribution in [0.2, 0.25) is 0 Å². The molecule has 1 aliphatic carbocycles. The minimum atomic E-state index is 0.792. The smallest absolute Gasteiger partial charge is 0.0191 e. The lowest BCUT2D eigenvalue weighted by Crippen LogP contribution is -2.05. The van der Waals surface area contributed by atoms with Crippen molar-refractivity contribution in [2.45, 2.75) is 67.7 Å². The zero-order chi connectivity index (χ0) is 12.3. The molecule has 0 nitrogen and oxygen atoms in total. The van der Waals surface area contributed by atoms with E-state index in [2.05, 4.69) is 32.9 Å². The second-order valence-corrected chi connectivity index (χ2v) is 3.53. The first-order valence-electron chi connectivity index (χ1n) is 6.58. The maximum Gasteiger partial charge on any atom is -0.0191 e. The van der Waals surface area contributed by atoms with Crippen LogP contribution in [0, 0.1) is 5.92 Å². The van der Waals surface area contributed by atoms with E-state index in [0.717, 1.165) is 5.92 Å². The molecule has 0 aromatic carbocycles. The highest BCUT2D eigenvalue weighted by Crippen LogP contribution is 2.30. The molecule has 0 heteroatoms. The fraction of sp³-hybridized carbons (Fsp3) is 0.733. The first kappa shape index (κ1) is 16.9. The molecule has 1 unspecified atom stereocenters. The molecule has 1 rings (SSSR count). The van der Waals surface area contributed by atoms with Gasteiger partial charge in [0.2, 0.25) is 0 Å². The van der Waals surface area contributed by atoms with Crippen LogP contribution in [-0.2, 0) is 0 Å². The van der Waals surface area contributed by atoms with Crippen LogP contribution in [0.15, 0.2) is 23.3 Å². The van der Waals surface area contributed by atoms with Crippen LogP contribution in [0.4, 0.5) is 0 Å². The number of hydrogen-bond donors (Lipinski definition) is 0. The highest BCUT2D eigenvalue weighted by molar-refractivity contribution is 5.28. The van der Waals surface area contributed by atoms with Gasteiger partial charge in [-0.2, -0.15) is 0 Å². The molecular weight excluding hydrogens is 180 g/mol. The monoisotopic (exact) mass is 210 g/mol. The SMILES string of the molecule is C/C=C/C1=C(C)CCCC1C.CC.CC. The van der Waals surface area contributed by atoms with Gasteiger partial charge in [0.1, 0.15) is 0 Å². The van der Waals surface area contributed by atoms with E-state index in [9.17, 15) is 0 Å². The Labute approximate surface area is 97.5 Å². The van der Waals surface area contributed by atoms with Gasteiger partial charge in [0.15, 0.2) is 0 Å². The predicted molar refractivity (Wildman–Crippen MR) is 73.2 cm³/mol. The van der Waals surface area contributed by atoms with Crippen LogP contribution in [0.5, 0.6) is 0 Å². The normalized spacial score (nSPS) is 20.3. The van der Waals surface area contributed by atoms with Gasteiger partial charge >= 0.3 is 0 Å². The average Bonchev–Trinajstić information content (AvgIpc) is 2.29. The summed E-state index contributed by atoms with van der Waals surface area (Å²) >= 11 is 0. The lowest BCUT2D eigenvalue weighted by Gasteiger charge is -2.21. The quantitative estimate of drug-likeness (QED) is 0.517. The van der Waals surface area contributed by atoms with Crippen LogP contribution in [0.1, 0.15) is 67.7 Å². The van der Waals surface area contributed by atoms with Crippen molar-refractivity contribution in [2.75, 3.05) is 0 Å². The molecule has 0 heterocycles. The molecule has 0 aromatic rings. The molecule has 1 atom stereocenters. The summed E-state index contributed by atoms with van der Waals surface area (Å²) in [6.07, 6.45) is 8.49. The summed E-state index contributed by atoms with van der Waals surface area (Å²) in [5.41, 5.74) is 3.18. The molecule has 1 aliphatic rings. The number of allylic oxidation sites excluding steroid dienone is 4. The Morgan fingerprint density at radius 1 is 1.13 bits per heavy atom. The van der Waals surface area contributed by atoms with E-state index in [0.29, 0.717) is 0 Å². The van der Waals surface area contributed by atoms with Crippen molar-refractivity contribution in [3.8, 4) is 0 Å². The van der Waals surface area contributed by atoms with Crippen molar-refractivity contribution in [1.29, 1.82) is 0 Å². The predicted octanol–water partition coefficient (Wildman–Crippen LogP) is 5.75. The molecule has 0 N–H and O–H groups in total. The Morgan fingerprint density at radius 3 is 2.07 bits per heavy atom. The van der Waals surface area contributed by atoms with Gasteiger partial charge in [0.25, 0.3) is 0 Å². The van der Waals surface area contributed by atoms with Crippen LogP contribution >= 0.6 is 0 Å².